The third kappa shape index (κ3) is 3.25. The lowest BCUT2D eigenvalue weighted by atomic mass is 9.71. The topological polar surface area (TPSA) is 122 Å². The number of carbonyl (C=O) groups excluding carboxylic acids is 3. The molecule has 1 amide bonds. The highest BCUT2D eigenvalue weighted by Crippen LogP contribution is 2.56. The molecule has 1 aliphatic carbocycles. The molecule has 2 aliphatic rings. The molecule has 8 nitrogen and oxygen atoms in total. The van der Waals surface area contributed by atoms with E-state index in [1.165, 1.54) is 33.1 Å². The Kier molecular flexibility index (Phi) is 5.32. The second kappa shape index (κ2) is 8.27. The summed E-state index contributed by atoms with van der Waals surface area (Å²) >= 11 is 0. The van der Waals surface area contributed by atoms with Gasteiger partial charge in [0.05, 0.1) is 12.7 Å². The van der Waals surface area contributed by atoms with E-state index in [9.17, 15) is 24.6 Å². The van der Waals surface area contributed by atoms with Crippen molar-refractivity contribution in [2.45, 2.75) is 25.8 Å². The molecular weight excluding hydrogens is 462 g/mol. The highest BCUT2D eigenvalue weighted by Gasteiger charge is 2.55. The quantitative estimate of drug-likeness (QED) is 0.467. The third-order valence-corrected chi connectivity index (χ3v) is 6.75. The first-order chi connectivity index (χ1) is 17.2. The van der Waals surface area contributed by atoms with Crippen molar-refractivity contribution in [3.63, 3.8) is 0 Å². The van der Waals surface area contributed by atoms with Crippen molar-refractivity contribution in [2.75, 3.05) is 7.11 Å². The van der Waals surface area contributed by atoms with Crippen LogP contribution in [-0.4, -0.2) is 34.8 Å². The van der Waals surface area contributed by atoms with Crippen LogP contribution in [0.25, 0.3) is 10.8 Å². The Hall–Kier alpha value is -4.59. The van der Waals surface area contributed by atoms with Crippen molar-refractivity contribution < 1.29 is 34.1 Å². The Labute approximate surface area is 206 Å². The molecule has 36 heavy (non-hydrogen) atoms. The highest BCUT2D eigenvalue weighted by atomic mass is 16.5. The molecule has 3 aromatic rings. The van der Waals surface area contributed by atoms with Crippen LogP contribution in [0.5, 0.6) is 17.2 Å². The molecular formula is C28H23NO7. The van der Waals surface area contributed by atoms with E-state index in [4.69, 9.17) is 9.47 Å². The van der Waals surface area contributed by atoms with Gasteiger partial charge in [-0.25, -0.2) is 0 Å². The van der Waals surface area contributed by atoms with Gasteiger partial charge in [0.25, 0.3) is 5.91 Å². The van der Waals surface area contributed by atoms with Gasteiger partial charge in [-0.3, -0.25) is 14.4 Å². The average molecular weight is 485 g/mol. The van der Waals surface area contributed by atoms with Crippen LogP contribution in [0.4, 0.5) is 0 Å². The van der Waals surface area contributed by atoms with Gasteiger partial charge in [0, 0.05) is 18.7 Å². The zero-order valence-corrected chi connectivity index (χ0v) is 19.8. The van der Waals surface area contributed by atoms with Crippen molar-refractivity contribution in [1.82, 2.24) is 5.32 Å². The predicted octanol–water partition coefficient (Wildman–Crippen LogP) is 4.00. The molecule has 8 heteroatoms. The minimum Gasteiger partial charge on any atom is -0.507 e. The van der Waals surface area contributed by atoms with Gasteiger partial charge in [0.1, 0.15) is 39.6 Å². The molecule has 1 aliphatic heterocycles. The number of aliphatic hydroxyl groups excluding tert-OH is 1. The van der Waals surface area contributed by atoms with Crippen LogP contribution >= 0.6 is 0 Å². The zero-order valence-electron chi connectivity index (χ0n) is 19.8. The summed E-state index contributed by atoms with van der Waals surface area (Å²) in [6, 6.07) is 14.8. The number of benzene rings is 3. The number of aliphatic hydroxyl groups is 1. The Morgan fingerprint density at radius 3 is 2.56 bits per heavy atom. The maximum Gasteiger partial charge on any atom is 0.259 e. The number of amides is 1. The van der Waals surface area contributed by atoms with E-state index in [0.717, 1.165) is 16.3 Å². The maximum absolute atomic E-state index is 13.5. The predicted molar refractivity (Wildman–Crippen MR) is 131 cm³/mol. The Morgan fingerprint density at radius 2 is 1.83 bits per heavy atom. The van der Waals surface area contributed by atoms with Crippen LogP contribution in [0.1, 0.15) is 35.3 Å². The number of nitrogens with one attached hydrogen (secondary N) is 1. The average Bonchev–Trinajstić information content (AvgIpc) is 3.15. The summed E-state index contributed by atoms with van der Waals surface area (Å²) < 4.78 is 11.3. The van der Waals surface area contributed by atoms with Gasteiger partial charge in [-0.15, -0.1) is 0 Å². The third-order valence-electron chi connectivity index (χ3n) is 6.75. The zero-order chi connectivity index (χ0) is 25.8. The van der Waals surface area contributed by atoms with Crippen LogP contribution in [0.15, 0.2) is 71.7 Å². The van der Waals surface area contributed by atoms with Crippen molar-refractivity contribution in [3.05, 3.63) is 88.4 Å². The number of aromatic hydroxyl groups is 1. The number of allylic oxidation sites excluding steroid dienone is 3. The number of carbonyl (C=O) groups is 3. The number of ketones is 2. The monoisotopic (exact) mass is 485 g/mol. The van der Waals surface area contributed by atoms with Gasteiger partial charge in [-0.05, 0) is 30.2 Å². The van der Waals surface area contributed by atoms with Gasteiger partial charge >= 0.3 is 0 Å². The first kappa shape index (κ1) is 23.2. The number of methoxy groups -OCH3 is 1. The summed E-state index contributed by atoms with van der Waals surface area (Å²) in [5.74, 6) is -2.79. The second-order valence-electron chi connectivity index (χ2n) is 8.88. The Morgan fingerprint density at radius 1 is 1.11 bits per heavy atom. The number of hydrogen-bond donors (Lipinski definition) is 3. The molecule has 1 atom stereocenters. The Balaban J connectivity index is 1.58. The fourth-order valence-corrected chi connectivity index (χ4v) is 4.93. The number of Topliss-reactive ketones (excluding diaryl/α,β-unsaturated/α-hetero) is 2. The van der Waals surface area contributed by atoms with Gasteiger partial charge in [-0.1, -0.05) is 42.5 Å². The molecule has 0 saturated carbocycles. The Bertz CT molecular complexity index is 1540. The first-order valence-corrected chi connectivity index (χ1v) is 11.3. The molecule has 182 valence electrons. The van der Waals surface area contributed by atoms with Crippen molar-refractivity contribution in [2.24, 2.45) is 0 Å². The second-order valence-corrected chi connectivity index (χ2v) is 8.88. The molecule has 5 rings (SSSR count). The van der Waals surface area contributed by atoms with Gasteiger partial charge in [-0.2, -0.15) is 0 Å². The fraction of sp³-hybridized carbons (Fsp3) is 0.179. The van der Waals surface area contributed by atoms with E-state index in [-0.39, 0.29) is 40.7 Å². The lowest BCUT2D eigenvalue weighted by Crippen LogP contribution is -2.38. The van der Waals surface area contributed by atoms with E-state index < -0.39 is 34.2 Å². The SMILES string of the molecule is COc1cc(O)c2c(c1C(=O)NCc1cccc3ccccc13)OC1=CC(O)=C(C(C)=O)C(=O)[C@]12C. The van der Waals surface area contributed by atoms with E-state index in [0.29, 0.717) is 0 Å². The molecule has 3 aromatic carbocycles. The van der Waals surface area contributed by atoms with Crippen LogP contribution in [-0.2, 0) is 21.5 Å². The summed E-state index contributed by atoms with van der Waals surface area (Å²) in [4.78, 5) is 38.9. The number of phenols is 1. The highest BCUT2D eigenvalue weighted by molar-refractivity contribution is 6.25. The summed E-state index contributed by atoms with van der Waals surface area (Å²) in [6.45, 7) is 2.85. The summed E-state index contributed by atoms with van der Waals surface area (Å²) in [5, 5.41) is 26.1. The van der Waals surface area contributed by atoms with Crippen molar-refractivity contribution in [3.8, 4) is 17.2 Å². The molecule has 0 bridgehead atoms. The largest absolute Gasteiger partial charge is 0.507 e. The van der Waals surface area contributed by atoms with E-state index in [2.05, 4.69) is 5.32 Å². The summed E-state index contributed by atoms with van der Waals surface area (Å²) in [5.41, 5.74) is -1.09. The molecule has 0 unspecified atom stereocenters. The van der Waals surface area contributed by atoms with Crippen molar-refractivity contribution >= 4 is 28.2 Å². The van der Waals surface area contributed by atoms with E-state index >= 15 is 0 Å². The lowest BCUT2D eigenvalue weighted by Gasteiger charge is -2.27. The van der Waals surface area contributed by atoms with E-state index in [1.54, 1.807) is 0 Å². The lowest BCUT2D eigenvalue weighted by molar-refractivity contribution is -0.123. The molecule has 0 spiro atoms. The van der Waals surface area contributed by atoms with E-state index in [1.807, 2.05) is 42.5 Å². The van der Waals surface area contributed by atoms with Crippen LogP contribution in [0.2, 0.25) is 0 Å². The normalized spacial score (nSPS) is 18.3. The number of fused-ring (bicyclic) bond motifs is 4. The standard InChI is InChI=1S/C28H23NO7/c1-14(30)22-18(31)12-21-28(2,26(22)33)24-19(32)11-20(35-3)23(25(24)36-21)27(34)29-13-16-9-6-8-15-7-4-5-10-17(15)16/h4-12,31-32H,13H2,1-3H3,(H,29,34)/t28-/m1/s1. The summed E-state index contributed by atoms with van der Waals surface area (Å²) in [6.07, 6.45) is 1.17. The minimum atomic E-state index is -1.61. The van der Waals surface area contributed by atoms with Crippen LogP contribution in [0, 0.1) is 0 Å². The van der Waals surface area contributed by atoms with Gasteiger partial charge in [0.2, 0.25) is 0 Å². The molecule has 0 saturated heterocycles. The number of phenolic OH excluding ortho intramolecular Hbond substituents is 1. The number of ether oxygens (including phenoxy) is 2. The molecule has 0 radical (unpaired) electrons. The fourth-order valence-electron chi connectivity index (χ4n) is 4.93. The molecule has 0 fully saturated rings. The van der Waals surface area contributed by atoms with Gasteiger partial charge in [0.15, 0.2) is 17.3 Å². The van der Waals surface area contributed by atoms with Crippen LogP contribution < -0.4 is 14.8 Å². The first-order valence-electron chi connectivity index (χ1n) is 11.3. The molecule has 1 heterocycles. The molecule has 0 aromatic heterocycles. The number of hydrogen-bond acceptors (Lipinski definition) is 7. The maximum atomic E-state index is 13.5. The van der Waals surface area contributed by atoms with Crippen LogP contribution in [0.3, 0.4) is 0 Å². The van der Waals surface area contributed by atoms with Crippen molar-refractivity contribution in [1.29, 1.82) is 0 Å². The smallest absolute Gasteiger partial charge is 0.259 e. The summed E-state index contributed by atoms with van der Waals surface area (Å²) in [7, 11) is 1.35. The number of rotatable bonds is 5. The molecule has 3 N–H and O–H groups in total. The van der Waals surface area contributed by atoms with Gasteiger partial charge < -0.3 is 25.0 Å². The minimum absolute atomic E-state index is 0.00310.